The first-order valence-corrected chi connectivity index (χ1v) is 21.5. The smallest absolute Gasteiger partial charge is 0.305 e. The largest absolute Gasteiger partial charge is 0.481 e. The van der Waals surface area contributed by atoms with Gasteiger partial charge in [-0.3, -0.25) is 9.59 Å². The van der Waals surface area contributed by atoms with Crippen LogP contribution in [0.1, 0.15) is 212 Å². The number of hydrogen-bond acceptors (Lipinski definition) is 4. The normalized spacial score (nSPS) is 14.4. The summed E-state index contributed by atoms with van der Waals surface area (Å²) in [5.41, 5.74) is 0. The lowest BCUT2D eigenvalue weighted by molar-refractivity contribution is -0.145. The molecule has 0 saturated carbocycles. The molecule has 0 aromatic carbocycles. The number of carbonyl (C=O) groups is 2. The fourth-order valence-electron chi connectivity index (χ4n) is 7.01. The van der Waals surface area contributed by atoms with Crippen molar-refractivity contribution in [2.24, 2.45) is 5.92 Å². The first-order chi connectivity index (χ1) is 24.1. The van der Waals surface area contributed by atoms with Crippen LogP contribution in [-0.4, -0.2) is 48.2 Å². The molecular weight excluding hydrogens is 606 g/mol. The minimum absolute atomic E-state index is 0.0193. The summed E-state index contributed by atoms with van der Waals surface area (Å²) in [6, 6.07) is 0. The van der Waals surface area contributed by atoms with E-state index in [4.69, 9.17) is 9.84 Å². The summed E-state index contributed by atoms with van der Waals surface area (Å²) in [6.45, 7) is 6.55. The molecule has 1 atom stereocenters. The summed E-state index contributed by atoms with van der Waals surface area (Å²) in [4.78, 5) is 25.7. The number of ether oxygens (including phenoxy) is 1. The molecule has 49 heavy (non-hydrogen) atoms. The predicted octanol–water partition coefficient (Wildman–Crippen LogP) is 13.2. The molecule has 0 spiro atoms. The molecule has 5 nitrogen and oxygen atoms in total. The number of aliphatic carboxylic acids is 1. The molecule has 1 saturated heterocycles. The van der Waals surface area contributed by atoms with Gasteiger partial charge in [-0.05, 0) is 115 Å². The van der Waals surface area contributed by atoms with Gasteiger partial charge in [0.05, 0.1) is 6.61 Å². The van der Waals surface area contributed by atoms with E-state index in [0.29, 0.717) is 25.4 Å². The van der Waals surface area contributed by atoms with E-state index in [1.807, 2.05) is 0 Å². The van der Waals surface area contributed by atoms with Crippen molar-refractivity contribution in [3.05, 3.63) is 24.3 Å². The van der Waals surface area contributed by atoms with E-state index in [9.17, 15) is 9.59 Å². The highest BCUT2D eigenvalue weighted by molar-refractivity contribution is 5.69. The van der Waals surface area contributed by atoms with E-state index in [1.54, 1.807) is 0 Å². The standard InChI is InChI=1S/C44H81NO4/c1-2-3-4-5-6-7-8-9-11-16-19-22-25-28-31-36-44(48)49-41-42(37-40-45-38-32-33-39-45)34-29-26-23-20-17-14-12-10-13-15-18-21-24-27-30-35-43(46)47/h9-11,13,42H,2-8,12,14-41H2,1H3,(H,46,47)/b11-9-,13-10-. The highest BCUT2D eigenvalue weighted by atomic mass is 16.5. The number of hydrogen-bond donors (Lipinski definition) is 1. The van der Waals surface area contributed by atoms with Crippen LogP contribution in [0.3, 0.4) is 0 Å². The third kappa shape index (κ3) is 33.3. The van der Waals surface area contributed by atoms with Crippen LogP contribution >= 0.6 is 0 Å². The minimum Gasteiger partial charge on any atom is -0.481 e. The van der Waals surface area contributed by atoms with E-state index in [0.717, 1.165) is 51.5 Å². The summed E-state index contributed by atoms with van der Waals surface area (Å²) in [7, 11) is 0. The van der Waals surface area contributed by atoms with Crippen molar-refractivity contribution >= 4 is 11.9 Å². The van der Waals surface area contributed by atoms with Crippen LogP contribution in [0.4, 0.5) is 0 Å². The molecule has 1 N–H and O–H groups in total. The molecule has 0 bridgehead atoms. The number of esters is 1. The molecule has 1 heterocycles. The van der Waals surface area contributed by atoms with Crippen LogP contribution in [0.15, 0.2) is 24.3 Å². The third-order valence-corrected chi connectivity index (χ3v) is 10.3. The van der Waals surface area contributed by atoms with Gasteiger partial charge in [0.1, 0.15) is 0 Å². The van der Waals surface area contributed by atoms with Gasteiger partial charge in [0, 0.05) is 12.8 Å². The highest BCUT2D eigenvalue weighted by Crippen LogP contribution is 2.19. The molecule has 0 aromatic heterocycles. The van der Waals surface area contributed by atoms with Crippen molar-refractivity contribution in [2.75, 3.05) is 26.2 Å². The lowest BCUT2D eigenvalue weighted by Gasteiger charge is -2.21. The Morgan fingerprint density at radius 1 is 0.571 bits per heavy atom. The second kappa shape index (κ2) is 36.2. The summed E-state index contributed by atoms with van der Waals surface area (Å²) in [6.07, 6.45) is 47.6. The fraction of sp³-hybridized carbons (Fsp3) is 0.864. The highest BCUT2D eigenvalue weighted by Gasteiger charge is 2.16. The second-order valence-electron chi connectivity index (χ2n) is 15.1. The Morgan fingerprint density at radius 3 is 1.49 bits per heavy atom. The molecule has 0 aliphatic carbocycles. The zero-order valence-electron chi connectivity index (χ0n) is 32.5. The number of allylic oxidation sites excluding steroid dienone is 4. The quantitative estimate of drug-likeness (QED) is 0.0400. The third-order valence-electron chi connectivity index (χ3n) is 10.3. The van der Waals surface area contributed by atoms with Gasteiger partial charge in [0.2, 0.25) is 0 Å². The van der Waals surface area contributed by atoms with Crippen LogP contribution in [0.2, 0.25) is 0 Å². The molecule has 0 amide bonds. The SMILES string of the molecule is CCCCCCCC/C=C\CCCCCCCC(=O)OCC(CCCCCCCC/C=C\CCCCCCCC(=O)O)CCN1CCCC1. The maximum Gasteiger partial charge on any atom is 0.305 e. The molecule has 0 aromatic rings. The number of unbranched alkanes of at least 4 members (excludes halogenated alkanes) is 22. The van der Waals surface area contributed by atoms with Crippen LogP contribution in [0.25, 0.3) is 0 Å². The Balaban J connectivity index is 2.03. The number of likely N-dealkylation sites (tertiary alicyclic amines) is 1. The Morgan fingerprint density at radius 2 is 1.00 bits per heavy atom. The zero-order chi connectivity index (χ0) is 35.3. The molecular formula is C44H81NO4. The molecule has 5 heteroatoms. The molecule has 1 unspecified atom stereocenters. The van der Waals surface area contributed by atoms with E-state index in [2.05, 4.69) is 36.1 Å². The van der Waals surface area contributed by atoms with Crippen molar-refractivity contribution in [3.63, 3.8) is 0 Å². The number of nitrogens with zero attached hydrogens (tertiary/aromatic N) is 1. The second-order valence-corrected chi connectivity index (χ2v) is 15.1. The average molecular weight is 688 g/mol. The lowest BCUT2D eigenvalue weighted by Crippen LogP contribution is -2.24. The fourth-order valence-corrected chi connectivity index (χ4v) is 7.01. The summed E-state index contributed by atoms with van der Waals surface area (Å²) < 4.78 is 5.83. The van der Waals surface area contributed by atoms with Gasteiger partial charge in [-0.1, -0.05) is 134 Å². The van der Waals surface area contributed by atoms with Crippen LogP contribution < -0.4 is 0 Å². The predicted molar refractivity (Wildman–Crippen MR) is 210 cm³/mol. The van der Waals surface area contributed by atoms with Gasteiger partial charge >= 0.3 is 11.9 Å². The van der Waals surface area contributed by atoms with E-state index in [1.165, 1.54) is 161 Å². The maximum absolute atomic E-state index is 12.5. The van der Waals surface area contributed by atoms with E-state index >= 15 is 0 Å². The zero-order valence-corrected chi connectivity index (χ0v) is 32.5. The van der Waals surface area contributed by atoms with E-state index in [-0.39, 0.29) is 5.97 Å². The summed E-state index contributed by atoms with van der Waals surface area (Å²) in [5, 5.41) is 8.68. The van der Waals surface area contributed by atoms with Crippen LogP contribution in [-0.2, 0) is 14.3 Å². The molecule has 0 radical (unpaired) electrons. The van der Waals surface area contributed by atoms with Gasteiger partial charge in [-0.25, -0.2) is 0 Å². The first-order valence-electron chi connectivity index (χ1n) is 21.5. The summed E-state index contributed by atoms with van der Waals surface area (Å²) in [5.74, 6) is -0.145. The Labute approximate surface area is 304 Å². The monoisotopic (exact) mass is 688 g/mol. The van der Waals surface area contributed by atoms with Gasteiger partial charge < -0.3 is 14.7 Å². The van der Waals surface area contributed by atoms with Gasteiger partial charge in [-0.2, -0.15) is 0 Å². The number of carbonyl (C=O) groups excluding carboxylic acids is 1. The molecule has 1 fully saturated rings. The van der Waals surface area contributed by atoms with E-state index < -0.39 is 5.97 Å². The average Bonchev–Trinajstić information content (AvgIpc) is 3.62. The van der Waals surface area contributed by atoms with Gasteiger partial charge in [-0.15, -0.1) is 0 Å². The Hall–Kier alpha value is -1.62. The lowest BCUT2D eigenvalue weighted by atomic mass is 9.97. The van der Waals surface area contributed by atoms with Gasteiger partial charge in [0.15, 0.2) is 0 Å². The van der Waals surface area contributed by atoms with Crippen molar-refractivity contribution < 1.29 is 19.4 Å². The number of carboxylic acid groups (broad SMARTS) is 1. The first kappa shape index (κ1) is 45.4. The van der Waals surface area contributed by atoms with Crippen molar-refractivity contribution in [1.29, 1.82) is 0 Å². The molecule has 1 aliphatic rings. The van der Waals surface area contributed by atoms with Crippen molar-refractivity contribution in [3.8, 4) is 0 Å². The van der Waals surface area contributed by atoms with Gasteiger partial charge in [0.25, 0.3) is 0 Å². The molecule has 1 rings (SSSR count). The Bertz CT molecular complexity index is 788. The van der Waals surface area contributed by atoms with Crippen molar-refractivity contribution in [1.82, 2.24) is 4.90 Å². The van der Waals surface area contributed by atoms with Crippen LogP contribution in [0, 0.1) is 5.92 Å². The number of rotatable bonds is 37. The summed E-state index contributed by atoms with van der Waals surface area (Å²) >= 11 is 0. The van der Waals surface area contributed by atoms with Crippen molar-refractivity contribution in [2.45, 2.75) is 212 Å². The molecule has 1 aliphatic heterocycles. The minimum atomic E-state index is -0.672. The van der Waals surface area contributed by atoms with Crippen LogP contribution in [0.5, 0.6) is 0 Å². The molecule has 286 valence electrons. The topological polar surface area (TPSA) is 66.8 Å². The Kier molecular flexibility index (Phi) is 33.5. The number of carboxylic acids is 1. The maximum atomic E-state index is 12.5.